The molecule has 0 radical (unpaired) electrons. The molecule has 0 bridgehead atoms. The highest BCUT2D eigenvalue weighted by molar-refractivity contribution is 9.10. The molecule has 5 nitrogen and oxygen atoms in total. The van der Waals surface area contributed by atoms with E-state index < -0.39 is 0 Å². The zero-order valence-electron chi connectivity index (χ0n) is 11.1. The van der Waals surface area contributed by atoms with E-state index in [1.165, 1.54) is 17.0 Å². The van der Waals surface area contributed by atoms with Crippen molar-refractivity contribution in [2.24, 2.45) is 5.10 Å². The van der Waals surface area contributed by atoms with Crippen molar-refractivity contribution >= 4 is 34.4 Å². The van der Waals surface area contributed by atoms with Gasteiger partial charge in [0.25, 0.3) is 0 Å². The van der Waals surface area contributed by atoms with Gasteiger partial charge < -0.3 is 0 Å². The summed E-state index contributed by atoms with van der Waals surface area (Å²) in [5, 5.41) is 11.0. The summed E-state index contributed by atoms with van der Waals surface area (Å²) in [5.74, 6) is 0.159. The lowest BCUT2D eigenvalue weighted by molar-refractivity contribution is 0.625. The lowest BCUT2D eigenvalue weighted by atomic mass is 10.2. The molecule has 0 unspecified atom stereocenters. The minimum atomic E-state index is -0.368. The Hall–Kier alpha value is -2.19. The second kappa shape index (κ2) is 6.29. The number of H-pyrrole nitrogens is 1. The van der Waals surface area contributed by atoms with Crippen LogP contribution in [0.25, 0.3) is 11.4 Å². The van der Waals surface area contributed by atoms with Crippen molar-refractivity contribution in [1.82, 2.24) is 19.9 Å². The van der Waals surface area contributed by atoms with Crippen LogP contribution in [0.1, 0.15) is 5.56 Å². The highest BCUT2D eigenvalue weighted by atomic mass is 79.9. The van der Waals surface area contributed by atoms with Gasteiger partial charge in [-0.3, -0.25) is 4.98 Å². The van der Waals surface area contributed by atoms with Gasteiger partial charge in [-0.25, -0.2) is 9.49 Å². The fraction of sp³-hybridized carbons (Fsp3) is 0. The van der Waals surface area contributed by atoms with Gasteiger partial charge in [0.15, 0.2) is 5.82 Å². The summed E-state index contributed by atoms with van der Waals surface area (Å²) in [6.07, 6.45) is 4.69. The van der Waals surface area contributed by atoms with Gasteiger partial charge in [0.2, 0.25) is 4.77 Å². The van der Waals surface area contributed by atoms with E-state index in [-0.39, 0.29) is 5.82 Å². The quantitative estimate of drug-likeness (QED) is 0.557. The van der Waals surface area contributed by atoms with Crippen LogP contribution < -0.4 is 0 Å². The van der Waals surface area contributed by atoms with Crippen molar-refractivity contribution in [3.8, 4) is 11.4 Å². The second-order valence-electron chi connectivity index (χ2n) is 4.31. The second-order valence-corrected chi connectivity index (χ2v) is 5.61. The van der Waals surface area contributed by atoms with Crippen LogP contribution in [0.3, 0.4) is 0 Å². The van der Waals surface area contributed by atoms with E-state index >= 15 is 0 Å². The Kier molecular flexibility index (Phi) is 4.21. The van der Waals surface area contributed by atoms with Crippen LogP contribution in [0.15, 0.2) is 52.3 Å². The number of benzene rings is 1. The molecule has 1 N–H and O–H groups in total. The number of hydrogen-bond acceptors (Lipinski definition) is 4. The van der Waals surface area contributed by atoms with Crippen molar-refractivity contribution in [1.29, 1.82) is 0 Å². The third-order valence-corrected chi connectivity index (χ3v) is 3.62. The third kappa shape index (κ3) is 3.02. The van der Waals surface area contributed by atoms with Crippen molar-refractivity contribution in [2.45, 2.75) is 0 Å². The number of aromatic amines is 1. The largest absolute Gasteiger partial charge is 0.265 e. The Morgan fingerprint density at radius 3 is 2.82 bits per heavy atom. The van der Waals surface area contributed by atoms with Crippen LogP contribution in [0, 0.1) is 10.6 Å². The summed E-state index contributed by atoms with van der Waals surface area (Å²) in [6.45, 7) is 0. The van der Waals surface area contributed by atoms with Gasteiger partial charge >= 0.3 is 0 Å². The van der Waals surface area contributed by atoms with Gasteiger partial charge in [0, 0.05) is 28.0 Å². The van der Waals surface area contributed by atoms with E-state index in [1.807, 2.05) is 0 Å². The van der Waals surface area contributed by atoms with Gasteiger partial charge in [0.1, 0.15) is 5.82 Å². The molecule has 2 aromatic heterocycles. The first-order valence-corrected chi connectivity index (χ1v) is 7.42. The van der Waals surface area contributed by atoms with E-state index in [2.05, 4.69) is 36.2 Å². The number of rotatable bonds is 3. The molecule has 8 heteroatoms. The Labute approximate surface area is 138 Å². The highest BCUT2D eigenvalue weighted by Crippen LogP contribution is 2.17. The average molecular weight is 378 g/mol. The monoisotopic (exact) mass is 377 g/mol. The van der Waals surface area contributed by atoms with Crippen LogP contribution in [0.5, 0.6) is 0 Å². The molecule has 0 saturated carbocycles. The molecule has 3 aromatic rings. The van der Waals surface area contributed by atoms with E-state index in [9.17, 15) is 4.39 Å². The minimum absolute atomic E-state index is 0.318. The van der Waals surface area contributed by atoms with Crippen molar-refractivity contribution in [2.75, 3.05) is 0 Å². The average Bonchev–Trinajstić information content (AvgIpc) is 2.90. The molecule has 110 valence electrons. The first kappa shape index (κ1) is 14.7. The molecule has 22 heavy (non-hydrogen) atoms. The van der Waals surface area contributed by atoms with Crippen molar-refractivity contribution in [3.05, 3.63) is 63.3 Å². The topological polar surface area (TPSA) is 58.9 Å². The predicted molar refractivity (Wildman–Crippen MR) is 87.7 cm³/mol. The predicted octanol–water partition coefficient (Wildman–Crippen LogP) is 3.79. The number of aromatic nitrogens is 4. The number of nitrogens with one attached hydrogen (secondary N) is 1. The first-order valence-electron chi connectivity index (χ1n) is 6.22. The van der Waals surface area contributed by atoms with Crippen molar-refractivity contribution < 1.29 is 4.39 Å². The molecule has 0 atom stereocenters. The van der Waals surface area contributed by atoms with Gasteiger partial charge in [0.05, 0.1) is 6.21 Å². The Bertz CT molecular complexity index is 888. The molecule has 1 aromatic carbocycles. The maximum atomic E-state index is 13.7. The molecular weight excluding hydrogens is 369 g/mol. The number of pyridine rings is 1. The van der Waals surface area contributed by atoms with Crippen molar-refractivity contribution in [3.63, 3.8) is 0 Å². The molecule has 3 rings (SSSR count). The molecule has 0 saturated heterocycles. The van der Waals surface area contributed by atoms with Crippen LogP contribution in [0.2, 0.25) is 0 Å². The lowest BCUT2D eigenvalue weighted by Gasteiger charge is -2.01. The van der Waals surface area contributed by atoms with Crippen LogP contribution in [-0.4, -0.2) is 26.1 Å². The summed E-state index contributed by atoms with van der Waals surface area (Å²) in [7, 11) is 0. The summed E-state index contributed by atoms with van der Waals surface area (Å²) in [6, 6.07) is 8.20. The summed E-state index contributed by atoms with van der Waals surface area (Å²) >= 11 is 8.46. The standard InChI is InChI=1S/C14H9BrFN5S/c15-11-1-2-12(16)10(7-11)8-18-21-13(19-20-14(21)22)9-3-5-17-6-4-9/h1-8H,(H,20,22)/b18-8+. The Morgan fingerprint density at radius 2 is 2.05 bits per heavy atom. The molecule has 0 spiro atoms. The first-order chi connectivity index (χ1) is 10.6. The molecule has 0 aliphatic heterocycles. The van der Waals surface area contributed by atoms with Gasteiger partial charge in [-0.15, -0.1) is 0 Å². The van der Waals surface area contributed by atoms with E-state index in [0.717, 1.165) is 10.0 Å². The number of halogens is 2. The number of nitrogens with zero attached hydrogens (tertiary/aromatic N) is 4. The summed E-state index contributed by atoms with van der Waals surface area (Å²) in [5.41, 5.74) is 1.15. The van der Waals surface area contributed by atoms with Crippen LogP contribution in [-0.2, 0) is 0 Å². The maximum absolute atomic E-state index is 13.7. The highest BCUT2D eigenvalue weighted by Gasteiger charge is 2.08. The molecule has 2 heterocycles. The number of hydrogen-bond donors (Lipinski definition) is 1. The molecular formula is C14H9BrFN5S. The SMILES string of the molecule is Fc1ccc(Br)cc1/C=N/n1c(-c2ccncc2)n[nH]c1=S. The van der Waals surface area contributed by atoms with Gasteiger partial charge in [-0.05, 0) is 42.5 Å². The Balaban J connectivity index is 2.03. The molecule has 0 amide bonds. The zero-order chi connectivity index (χ0) is 15.5. The van der Waals surface area contributed by atoms with Crippen LogP contribution >= 0.6 is 28.1 Å². The fourth-order valence-electron chi connectivity index (χ4n) is 1.82. The van der Waals surface area contributed by atoms with E-state index in [4.69, 9.17) is 12.2 Å². The smallest absolute Gasteiger partial charge is 0.216 e. The summed E-state index contributed by atoms with van der Waals surface area (Å²) in [4.78, 5) is 3.96. The van der Waals surface area contributed by atoms with Gasteiger partial charge in [-0.1, -0.05) is 15.9 Å². The third-order valence-electron chi connectivity index (χ3n) is 2.86. The van der Waals surface area contributed by atoms with Gasteiger partial charge in [-0.2, -0.15) is 14.9 Å². The Morgan fingerprint density at radius 1 is 1.27 bits per heavy atom. The molecule has 0 aliphatic carbocycles. The van der Waals surface area contributed by atoms with E-state index in [1.54, 1.807) is 36.7 Å². The fourth-order valence-corrected chi connectivity index (χ4v) is 2.38. The maximum Gasteiger partial charge on any atom is 0.216 e. The lowest BCUT2D eigenvalue weighted by Crippen LogP contribution is -1.96. The molecule has 0 aliphatic rings. The normalized spacial score (nSPS) is 11.2. The van der Waals surface area contributed by atoms with Crippen LogP contribution in [0.4, 0.5) is 4.39 Å². The summed E-state index contributed by atoms with van der Waals surface area (Å²) < 4.78 is 16.3. The molecule has 0 fully saturated rings. The van der Waals surface area contributed by atoms with E-state index in [0.29, 0.717) is 16.2 Å². The zero-order valence-corrected chi connectivity index (χ0v) is 13.5. The minimum Gasteiger partial charge on any atom is -0.265 e.